The summed E-state index contributed by atoms with van der Waals surface area (Å²) in [5.74, 6) is -0.0261. The Morgan fingerprint density at radius 1 is 1.00 bits per heavy atom. The highest BCUT2D eigenvalue weighted by molar-refractivity contribution is 7.91. The lowest BCUT2D eigenvalue weighted by atomic mass is 10.4. The van der Waals surface area contributed by atoms with Crippen LogP contribution in [0.2, 0.25) is 0 Å². The third kappa shape index (κ3) is 2.77. The van der Waals surface area contributed by atoms with E-state index in [1.54, 1.807) is 0 Å². The standard InChI is InChI=1S/C8H11NO4S2/c1-2-14(10,11)7-3-5-8(6-4-7)15(9,12)13/h3-6H,2H2,1H3,(H2,9,12,13). The third-order valence-corrected chi connectivity index (χ3v) is 4.57. The summed E-state index contributed by atoms with van der Waals surface area (Å²) in [6.45, 7) is 1.52. The quantitative estimate of drug-likeness (QED) is 0.823. The van der Waals surface area contributed by atoms with Gasteiger partial charge in [-0.2, -0.15) is 0 Å². The molecule has 0 radical (unpaired) electrons. The summed E-state index contributed by atoms with van der Waals surface area (Å²) in [5, 5.41) is 4.87. The van der Waals surface area contributed by atoms with Gasteiger partial charge >= 0.3 is 0 Å². The van der Waals surface area contributed by atoms with E-state index in [1.165, 1.54) is 31.2 Å². The van der Waals surface area contributed by atoms with E-state index in [-0.39, 0.29) is 15.5 Å². The van der Waals surface area contributed by atoms with Crippen LogP contribution in [-0.4, -0.2) is 22.6 Å². The molecule has 0 aromatic heterocycles. The minimum atomic E-state index is -3.77. The van der Waals surface area contributed by atoms with Gasteiger partial charge in [-0.3, -0.25) is 0 Å². The molecule has 0 saturated heterocycles. The highest BCUT2D eigenvalue weighted by Gasteiger charge is 2.13. The number of sulfonamides is 1. The van der Waals surface area contributed by atoms with E-state index in [0.29, 0.717) is 0 Å². The van der Waals surface area contributed by atoms with Gasteiger partial charge in [0, 0.05) is 0 Å². The molecule has 0 spiro atoms. The van der Waals surface area contributed by atoms with E-state index in [9.17, 15) is 16.8 Å². The number of sulfone groups is 1. The highest BCUT2D eigenvalue weighted by Crippen LogP contribution is 2.14. The van der Waals surface area contributed by atoms with Crippen molar-refractivity contribution in [2.24, 2.45) is 5.14 Å². The molecular formula is C8H11NO4S2. The molecule has 5 nitrogen and oxygen atoms in total. The van der Waals surface area contributed by atoms with Gasteiger partial charge in [-0.1, -0.05) is 6.92 Å². The van der Waals surface area contributed by atoms with Crippen LogP contribution in [0.4, 0.5) is 0 Å². The van der Waals surface area contributed by atoms with Gasteiger partial charge in [-0.25, -0.2) is 22.0 Å². The van der Waals surface area contributed by atoms with Gasteiger partial charge in [0.2, 0.25) is 10.0 Å². The Hall–Kier alpha value is -0.920. The predicted octanol–water partition coefficient (Wildman–Crippen LogP) is 0.128. The molecule has 84 valence electrons. The first-order valence-corrected chi connectivity index (χ1v) is 7.33. The maximum absolute atomic E-state index is 11.4. The van der Waals surface area contributed by atoms with Crippen molar-refractivity contribution in [1.29, 1.82) is 0 Å². The number of hydrogen-bond acceptors (Lipinski definition) is 4. The molecule has 0 amide bonds. The SMILES string of the molecule is CCS(=O)(=O)c1ccc(S(N)(=O)=O)cc1. The van der Waals surface area contributed by atoms with Gasteiger partial charge in [-0.15, -0.1) is 0 Å². The average molecular weight is 249 g/mol. The molecule has 0 unspecified atom stereocenters. The van der Waals surface area contributed by atoms with Crippen LogP contribution in [0, 0.1) is 0 Å². The second-order valence-electron chi connectivity index (χ2n) is 2.92. The fraction of sp³-hybridized carbons (Fsp3) is 0.250. The van der Waals surface area contributed by atoms with Crippen molar-refractivity contribution in [3.8, 4) is 0 Å². The van der Waals surface area contributed by atoms with Crippen molar-refractivity contribution in [2.45, 2.75) is 16.7 Å². The molecule has 15 heavy (non-hydrogen) atoms. The van der Waals surface area contributed by atoms with Gasteiger partial charge in [0.25, 0.3) is 0 Å². The Kier molecular flexibility index (Phi) is 3.17. The van der Waals surface area contributed by atoms with Gasteiger partial charge in [0.1, 0.15) is 0 Å². The van der Waals surface area contributed by atoms with Crippen molar-refractivity contribution < 1.29 is 16.8 Å². The van der Waals surface area contributed by atoms with Crippen molar-refractivity contribution in [2.75, 3.05) is 5.75 Å². The van der Waals surface area contributed by atoms with Crippen molar-refractivity contribution in [3.05, 3.63) is 24.3 Å². The van der Waals surface area contributed by atoms with E-state index in [0.717, 1.165) is 0 Å². The monoisotopic (exact) mass is 249 g/mol. The van der Waals surface area contributed by atoms with Crippen LogP contribution in [0.3, 0.4) is 0 Å². The summed E-state index contributed by atoms with van der Waals surface area (Å²) in [6, 6.07) is 4.83. The Balaban J connectivity index is 3.24. The molecule has 2 N–H and O–H groups in total. The Morgan fingerprint density at radius 3 is 1.73 bits per heavy atom. The summed E-state index contributed by atoms with van der Waals surface area (Å²) < 4.78 is 44.5. The van der Waals surface area contributed by atoms with Crippen LogP contribution < -0.4 is 5.14 Å². The van der Waals surface area contributed by atoms with Crippen LogP contribution in [-0.2, 0) is 19.9 Å². The number of primary sulfonamides is 1. The van der Waals surface area contributed by atoms with Crippen LogP contribution in [0.1, 0.15) is 6.92 Å². The lowest BCUT2D eigenvalue weighted by molar-refractivity contribution is 0.593. The van der Waals surface area contributed by atoms with Gasteiger partial charge in [0.15, 0.2) is 9.84 Å². The summed E-state index contributed by atoms with van der Waals surface area (Å²) in [7, 11) is -7.06. The molecule has 0 aliphatic heterocycles. The Morgan fingerprint density at radius 2 is 1.40 bits per heavy atom. The second kappa shape index (κ2) is 3.92. The normalized spacial score (nSPS) is 12.7. The maximum atomic E-state index is 11.4. The van der Waals surface area contributed by atoms with E-state index in [4.69, 9.17) is 5.14 Å². The van der Waals surface area contributed by atoms with Gasteiger partial charge in [-0.05, 0) is 24.3 Å². The van der Waals surface area contributed by atoms with Crippen molar-refractivity contribution in [1.82, 2.24) is 0 Å². The Labute approximate surface area is 88.9 Å². The molecule has 0 bridgehead atoms. The van der Waals surface area contributed by atoms with Crippen molar-refractivity contribution >= 4 is 19.9 Å². The molecule has 1 rings (SSSR count). The van der Waals surface area contributed by atoms with Crippen LogP contribution in [0.5, 0.6) is 0 Å². The third-order valence-electron chi connectivity index (χ3n) is 1.89. The summed E-state index contributed by atoms with van der Waals surface area (Å²) in [6.07, 6.45) is 0. The first kappa shape index (κ1) is 12.2. The molecule has 0 heterocycles. The highest BCUT2D eigenvalue weighted by atomic mass is 32.2. The zero-order chi connectivity index (χ0) is 11.7. The zero-order valence-corrected chi connectivity index (χ0v) is 9.68. The molecule has 0 fully saturated rings. The van der Waals surface area contributed by atoms with Gasteiger partial charge < -0.3 is 0 Å². The summed E-state index contributed by atoms with van der Waals surface area (Å²) >= 11 is 0. The predicted molar refractivity (Wildman–Crippen MR) is 55.5 cm³/mol. The molecule has 0 atom stereocenters. The van der Waals surface area contributed by atoms with E-state index in [1.807, 2.05) is 0 Å². The molecule has 1 aromatic carbocycles. The molecular weight excluding hydrogens is 238 g/mol. The Bertz CT molecular complexity index is 543. The summed E-state index contributed by atoms with van der Waals surface area (Å²) in [4.78, 5) is -0.00467. The molecule has 7 heteroatoms. The topological polar surface area (TPSA) is 94.3 Å². The zero-order valence-electron chi connectivity index (χ0n) is 8.04. The number of hydrogen-bond donors (Lipinski definition) is 1. The minimum absolute atomic E-state index is 0.0261. The van der Waals surface area contributed by atoms with Gasteiger partial charge in [0.05, 0.1) is 15.5 Å². The molecule has 0 saturated carbocycles. The average Bonchev–Trinajstić information content (AvgIpc) is 2.17. The fourth-order valence-corrected chi connectivity index (χ4v) is 2.40. The largest absolute Gasteiger partial charge is 0.238 e. The van der Waals surface area contributed by atoms with E-state index >= 15 is 0 Å². The van der Waals surface area contributed by atoms with E-state index in [2.05, 4.69) is 0 Å². The van der Waals surface area contributed by atoms with Crippen molar-refractivity contribution in [3.63, 3.8) is 0 Å². The first-order valence-electron chi connectivity index (χ1n) is 4.13. The fourth-order valence-electron chi connectivity index (χ4n) is 1.00. The molecule has 0 aliphatic rings. The van der Waals surface area contributed by atoms with Crippen LogP contribution in [0.25, 0.3) is 0 Å². The maximum Gasteiger partial charge on any atom is 0.238 e. The lowest BCUT2D eigenvalue weighted by Gasteiger charge is -2.02. The van der Waals surface area contributed by atoms with E-state index < -0.39 is 19.9 Å². The lowest BCUT2D eigenvalue weighted by Crippen LogP contribution is -2.12. The summed E-state index contributed by atoms with van der Waals surface area (Å²) in [5.41, 5.74) is 0. The number of rotatable bonds is 3. The van der Waals surface area contributed by atoms with Crippen LogP contribution >= 0.6 is 0 Å². The number of nitrogens with two attached hydrogens (primary N) is 1. The molecule has 1 aromatic rings. The smallest absolute Gasteiger partial charge is 0.225 e. The molecule has 0 aliphatic carbocycles. The first-order chi connectivity index (χ1) is 6.77. The number of benzene rings is 1. The minimum Gasteiger partial charge on any atom is -0.225 e. The second-order valence-corrected chi connectivity index (χ2v) is 6.76. The van der Waals surface area contributed by atoms with Crippen LogP contribution in [0.15, 0.2) is 34.1 Å².